The van der Waals surface area contributed by atoms with E-state index in [1.807, 2.05) is 0 Å². The molecule has 1 rings (SSSR count). The minimum absolute atomic E-state index is 1.23. The molecule has 0 spiro atoms. The Bertz CT molecular complexity index is 149. The Hall–Kier alpha value is -0.520. The van der Waals surface area contributed by atoms with Gasteiger partial charge < -0.3 is 0 Å². The lowest BCUT2D eigenvalue weighted by Crippen LogP contribution is -1.83. The lowest BCUT2D eigenvalue weighted by Gasteiger charge is -2.03. The fourth-order valence-electron chi connectivity index (χ4n) is 1.30. The van der Waals surface area contributed by atoms with Gasteiger partial charge in [-0.1, -0.05) is 63.8 Å². The summed E-state index contributed by atoms with van der Waals surface area (Å²) >= 11 is 0. The molecular weight excluding hydrogens is 156 g/mol. The van der Waals surface area contributed by atoms with Gasteiger partial charge in [-0.3, -0.25) is 0 Å². The van der Waals surface area contributed by atoms with Crippen molar-refractivity contribution in [3.8, 4) is 0 Å². The molecule has 0 heterocycles. The molecule has 0 radical (unpaired) electrons. The van der Waals surface area contributed by atoms with Crippen LogP contribution in [-0.4, -0.2) is 0 Å². The predicted molar refractivity (Wildman–Crippen MR) is 61.9 cm³/mol. The van der Waals surface area contributed by atoms with Gasteiger partial charge >= 0.3 is 0 Å². The summed E-state index contributed by atoms with van der Waals surface area (Å²) in [5.41, 5.74) is 1.59. The quantitative estimate of drug-likeness (QED) is 0.581. The smallest absolute Gasteiger partial charge is 0.0282 e. The van der Waals surface area contributed by atoms with Crippen molar-refractivity contribution in [1.29, 1.82) is 0 Å². The number of rotatable bonds is 3. The molecule has 1 aliphatic rings. The van der Waals surface area contributed by atoms with E-state index in [9.17, 15) is 0 Å². The van der Waals surface area contributed by atoms with Crippen LogP contribution in [-0.2, 0) is 0 Å². The van der Waals surface area contributed by atoms with Gasteiger partial charge in [-0.25, -0.2) is 0 Å². The van der Waals surface area contributed by atoms with Crippen LogP contribution in [0.2, 0.25) is 0 Å². The second-order valence-electron chi connectivity index (χ2n) is 3.50. The Morgan fingerprint density at radius 2 is 1.85 bits per heavy atom. The fraction of sp³-hybridized carbons (Fsp3) is 0.692. The Morgan fingerprint density at radius 3 is 2.08 bits per heavy atom. The fourth-order valence-corrected chi connectivity index (χ4v) is 1.30. The van der Waals surface area contributed by atoms with Gasteiger partial charge in [-0.2, -0.15) is 0 Å². The van der Waals surface area contributed by atoms with E-state index in [1.54, 1.807) is 5.57 Å². The normalized spacial score (nSPS) is 14.5. The molecule has 0 bridgehead atoms. The van der Waals surface area contributed by atoms with Crippen molar-refractivity contribution in [3.05, 3.63) is 23.8 Å². The summed E-state index contributed by atoms with van der Waals surface area (Å²) in [6.07, 6.45) is 14.4. The maximum absolute atomic E-state index is 2.23. The Balaban J connectivity index is 0.000000252. The largest absolute Gasteiger partial charge is 0.0842 e. The average molecular weight is 180 g/mol. The van der Waals surface area contributed by atoms with Gasteiger partial charge in [0.15, 0.2) is 0 Å². The molecule has 0 aliphatic heterocycles. The molecular formula is C13H24. The van der Waals surface area contributed by atoms with Gasteiger partial charge in [0.25, 0.3) is 0 Å². The van der Waals surface area contributed by atoms with E-state index in [0.29, 0.717) is 0 Å². The molecule has 76 valence electrons. The highest BCUT2D eigenvalue weighted by Gasteiger charge is 1.93. The molecule has 13 heavy (non-hydrogen) atoms. The summed E-state index contributed by atoms with van der Waals surface area (Å²) in [5, 5.41) is 0. The van der Waals surface area contributed by atoms with E-state index in [0.717, 1.165) is 0 Å². The van der Waals surface area contributed by atoms with E-state index >= 15 is 0 Å². The standard InChI is InChI=1S/C8H12.C5H12/c1-2-8-6-4-3-5-7-8;1-3-5-4-2/h3-4,6H,2,5,7H2,1H3;3-5H2,1-2H3. The van der Waals surface area contributed by atoms with Crippen molar-refractivity contribution < 1.29 is 0 Å². The van der Waals surface area contributed by atoms with Crippen LogP contribution in [0.15, 0.2) is 23.8 Å². The van der Waals surface area contributed by atoms with Crippen molar-refractivity contribution in [1.82, 2.24) is 0 Å². The second-order valence-corrected chi connectivity index (χ2v) is 3.50. The first-order valence-corrected chi connectivity index (χ1v) is 5.69. The Kier molecular flexibility index (Phi) is 9.18. The molecule has 0 unspecified atom stereocenters. The third kappa shape index (κ3) is 7.83. The predicted octanol–water partition coefficient (Wildman–Crippen LogP) is 4.87. The third-order valence-electron chi connectivity index (χ3n) is 2.26. The zero-order valence-electron chi connectivity index (χ0n) is 9.47. The molecule has 0 heteroatoms. The molecule has 1 aliphatic carbocycles. The van der Waals surface area contributed by atoms with Crippen LogP contribution in [0.4, 0.5) is 0 Å². The summed E-state index contributed by atoms with van der Waals surface area (Å²) in [6, 6.07) is 0. The van der Waals surface area contributed by atoms with Crippen LogP contribution in [0.3, 0.4) is 0 Å². The Labute approximate surface area is 83.7 Å². The maximum Gasteiger partial charge on any atom is -0.0282 e. The van der Waals surface area contributed by atoms with Crippen molar-refractivity contribution in [2.45, 2.75) is 59.3 Å². The van der Waals surface area contributed by atoms with Gasteiger partial charge in [-0.05, 0) is 19.3 Å². The molecule has 0 saturated carbocycles. The first kappa shape index (κ1) is 12.5. The summed E-state index contributed by atoms with van der Waals surface area (Å²) < 4.78 is 0. The molecule has 0 N–H and O–H groups in total. The molecule has 0 aromatic carbocycles. The topological polar surface area (TPSA) is 0 Å². The minimum Gasteiger partial charge on any atom is -0.0842 e. The minimum atomic E-state index is 1.23. The van der Waals surface area contributed by atoms with E-state index in [4.69, 9.17) is 0 Å². The monoisotopic (exact) mass is 180 g/mol. The van der Waals surface area contributed by atoms with Crippen LogP contribution in [0.25, 0.3) is 0 Å². The van der Waals surface area contributed by atoms with Gasteiger partial charge in [-0.15, -0.1) is 0 Å². The lowest BCUT2D eigenvalue weighted by atomic mass is 10.0. The van der Waals surface area contributed by atoms with Crippen LogP contribution < -0.4 is 0 Å². The highest BCUT2D eigenvalue weighted by molar-refractivity contribution is 5.16. The zero-order valence-corrected chi connectivity index (χ0v) is 9.47. The molecule has 0 aromatic heterocycles. The SMILES string of the molecule is CCC1=CC=CCC1.CCCCC. The summed E-state index contributed by atoms with van der Waals surface area (Å²) in [6.45, 7) is 6.64. The first-order chi connectivity index (χ1) is 6.35. The third-order valence-corrected chi connectivity index (χ3v) is 2.26. The lowest BCUT2D eigenvalue weighted by molar-refractivity contribution is 0.772. The number of hydrogen-bond donors (Lipinski definition) is 0. The number of unbranched alkanes of at least 4 members (excludes halogenated alkanes) is 2. The summed E-state index contributed by atoms with van der Waals surface area (Å²) in [5.74, 6) is 0. The molecule has 0 saturated heterocycles. The van der Waals surface area contributed by atoms with Crippen LogP contribution in [0, 0.1) is 0 Å². The van der Waals surface area contributed by atoms with Crippen LogP contribution in [0.1, 0.15) is 59.3 Å². The molecule has 0 amide bonds. The van der Waals surface area contributed by atoms with Gasteiger partial charge in [0, 0.05) is 0 Å². The van der Waals surface area contributed by atoms with E-state index in [2.05, 4.69) is 39.0 Å². The molecule has 0 nitrogen and oxygen atoms in total. The van der Waals surface area contributed by atoms with Crippen molar-refractivity contribution >= 4 is 0 Å². The van der Waals surface area contributed by atoms with Gasteiger partial charge in [0.05, 0.1) is 0 Å². The first-order valence-electron chi connectivity index (χ1n) is 5.69. The molecule has 0 aromatic rings. The van der Waals surface area contributed by atoms with Crippen molar-refractivity contribution in [3.63, 3.8) is 0 Å². The van der Waals surface area contributed by atoms with Crippen molar-refractivity contribution in [2.24, 2.45) is 0 Å². The van der Waals surface area contributed by atoms with Crippen molar-refractivity contribution in [2.75, 3.05) is 0 Å². The van der Waals surface area contributed by atoms with Crippen LogP contribution in [0.5, 0.6) is 0 Å². The molecule has 0 atom stereocenters. The van der Waals surface area contributed by atoms with Crippen LogP contribution >= 0.6 is 0 Å². The number of allylic oxidation sites excluding steroid dienone is 4. The number of hydrogen-bond acceptors (Lipinski definition) is 0. The summed E-state index contributed by atoms with van der Waals surface area (Å²) in [7, 11) is 0. The second kappa shape index (κ2) is 9.57. The molecule has 0 fully saturated rings. The van der Waals surface area contributed by atoms with E-state index < -0.39 is 0 Å². The average Bonchev–Trinajstić information content (AvgIpc) is 2.21. The van der Waals surface area contributed by atoms with Gasteiger partial charge in [0.1, 0.15) is 0 Å². The van der Waals surface area contributed by atoms with E-state index in [-0.39, 0.29) is 0 Å². The highest BCUT2D eigenvalue weighted by Crippen LogP contribution is 2.13. The Morgan fingerprint density at radius 1 is 1.15 bits per heavy atom. The summed E-state index contributed by atoms with van der Waals surface area (Å²) in [4.78, 5) is 0. The van der Waals surface area contributed by atoms with Gasteiger partial charge in [0.2, 0.25) is 0 Å². The van der Waals surface area contributed by atoms with E-state index in [1.165, 1.54) is 38.5 Å². The zero-order chi connectivity index (χ0) is 9.94. The maximum atomic E-state index is 2.23. The highest BCUT2D eigenvalue weighted by atomic mass is 14.0.